The molecular formula is C15H17ClN4. The molecule has 20 heavy (non-hydrogen) atoms. The molecule has 1 aromatic heterocycles. The Morgan fingerprint density at radius 2 is 1.90 bits per heavy atom. The van der Waals surface area contributed by atoms with Crippen LogP contribution in [0.3, 0.4) is 0 Å². The van der Waals surface area contributed by atoms with Crippen molar-refractivity contribution in [3.63, 3.8) is 0 Å². The molecule has 104 valence electrons. The molecule has 1 fully saturated rings. The van der Waals surface area contributed by atoms with Crippen LogP contribution in [0.15, 0.2) is 24.3 Å². The molecule has 0 aliphatic heterocycles. The van der Waals surface area contributed by atoms with E-state index in [1.807, 2.05) is 38.2 Å². The van der Waals surface area contributed by atoms with Crippen molar-refractivity contribution in [1.82, 2.24) is 9.97 Å². The van der Waals surface area contributed by atoms with Gasteiger partial charge in [-0.15, -0.1) is 0 Å². The first-order chi connectivity index (χ1) is 9.65. The van der Waals surface area contributed by atoms with Crippen LogP contribution in [0.25, 0.3) is 0 Å². The van der Waals surface area contributed by atoms with Gasteiger partial charge < -0.3 is 10.6 Å². The zero-order valence-corrected chi connectivity index (χ0v) is 12.3. The van der Waals surface area contributed by atoms with E-state index in [0.29, 0.717) is 10.9 Å². The fourth-order valence-corrected chi connectivity index (χ4v) is 2.22. The molecule has 0 atom stereocenters. The van der Waals surface area contributed by atoms with E-state index in [9.17, 15) is 0 Å². The predicted molar refractivity (Wildman–Crippen MR) is 83.0 cm³/mol. The molecule has 2 aromatic rings. The van der Waals surface area contributed by atoms with Gasteiger partial charge in [-0.25, -0.2) is 9.97 Å². The monoisotopic (exact) mass is 288 g/mol. The van der Waals surface area contributed by atoms with E-state index in [-0.39, 0.29) is 0 Å². The number of nitrogens with one attached hydrogen (secondary N) is 2. The number of hydrogen-bond donors (Lipinski definition) is 2. The highest BCUT2D eigenvalue weighted by Gasteiger charge is 2.27. The lowest BCUT2D eigenvalue weighted by molar-refractivity contribution is 0.932. The molecule has 3 rings (SSSR count). The quantitative estimate of drug-likeness (QED) is 0.889. The maximum atomic E-state index is 6.21. The van der Waals surface area contributed by atoms with Crippen LogP contribution < -0.4 is 10.6 Å². The maximum Gasteiger partial charge on any atom is 0.136 e. The Kier molecular flexibility index (Phi) is 3.49. The Morgan fingerprint density at radius 3 is 2.60 bits per heavy atom. The molecule has 1 saturated carbocycles. The minimum absolute atomic E-state index is 0.511. The van der Waals surface area contributed by atoms with E-state index in [1.165, 1.54) is 12.8 Å². The van der Waals surface area contributed by atoms with Gasteiger partial charge in [0.1, 0.15) is 17.5 Å². The molecule has 1 aromatic carbocycles. The zero-order chi connectivity index (χ0) is 14.1. The van der Waals surface area contributed by atoms with Crippen molar-refractivity contribution >= 4 is 28.9 Å². The number of halogens is 1. The summed E-state index contributed by atoms with van der Waals surface area (Å²) in [5, 5.41) is 7.05. The van der Waals surface area contributed by atoms with Crippen LogP contribution in [0.1, 0.15) is 30.1 Å². The van der Waals surface area contributed by atoms with Crippen molar-refractivity contribution in [3.05, 3.63) is 40.7 Å². The van der Waals surface area contributed by atoms with E-state index in [2.05, 4.69) is 20.6 Å². The Labute approximate surface area is 123 Å². The molecule has 4 nitrogen and oxygen atoms in total. The Bertz CT molecular complexity index is 638. The third-order valence-electron chi connectivity index (χ3n) is 3.33. The number of benzene rings is 1. The molecule has 0 bridgehead atoms. The van der Waals surface area contributed by atoms with E-state index in [4.69, 9.17) is 11.6 Å². The van der Waals surface area contributed by atoms with Gasteiger partial charge in [-0.2, -0.15) is 0 Å². The van der Waals surface area contributed by atoms with Gasteiger partial charge in [0.15, 0.2) is 0 Å². The second-order valence-corrected chi connectivity index (χ2v) is 5.54. The average Bonchev–Trinajstić information content (AvgIpc) is 3.27. The molecule has 1 aliphatic rings. The number of aryl methyl sites for hydroxylation is 1. The normalized spacial score (nSPS) is 14.2. The average molecular weight is 289 g/mol. The van der Waals surface area contributed by atoms with Crippen molar-refractivity contribution in [3.8, 4) is 0 Å². The van der Waals surface area contributed by atoms with Gasteiger partial charge in [-0.3, -0.25) is 0 Å². The zero-order valence-electron chi connectivity index (χ0n) is 11.6. The lowest BCUT2D eigenvalue weighted by atomic mass is 10.2. The highest BCUT2D eigenvalue weighted by Crippen LogP contribution is 2.39. The summed E-state index contributed by atoms with van der Waals surface area (Å²) in [5.74, 6) is 3.02. The Hall–Kier alpha value is -1.81. The van der Waals surface area contributed by atoms with Crippen molar-refractivity contribution in [2.45, 2.75) is 25.7 Å². The Balaban J connectivity index is 1.93. The van der Waals surface area contributed by atoms with Crippen molar-refractivity contribution < 1.29 is 0 Å². The molecule has 0 unspecified atom stereocenters. The lowest BCUT2D eigenvalue weighted by Gasteiger charge is -2.11. The molecule has 5 heteroatoms. The minimum Gasteiger partial charge on any atom is -0.373 e. The van der Waals surface area contributed by atoms with E-state index >= 15 is 0 Å². The highest BCUT2D eigenvalue weighted by molar-refractivity contribution is 6.33. The van der Waals surface area contributed by atoms with Crippen LogP contribution in [0.4, 0.5) is 17.3 Å². The van der Waals surface area contributed by atoms with Crippen LogP contribution in [0.5, 0.6) is 0 Å². The lowest BCUT2D eigenvalue weighted by Crippen LogP contribution is -2.03. The largest absolute Gasteiger partial charge is 0.373 e. The van der Waals surface area contributed by atoms with E-state index in [0.717, 1.165) is 28.7 Å². The van der Waals surface area contributed by atoms with Crippen LogP contribution in [0, 0.1) is 6.92 Å². The Morgan fingerprint density at radius 1 is 1.15 bits per heavy atom. The number of hydrogen-bond acceptors (Lipinski definition) is 4. The van der Waals surface area contributed by atoms with Gasteiger partial charge in [0.2, 0.25) is 0 Å². The molecule has 2 N–H and O–H groups in total. The summed E-state index contributed by atoms with van der Waals surface area (Å²) >= 11 is 6.21. The highest BCUT2D eigenvalue weighted by atomic mass is 35.5. The van der Waals surface area contributed by atoms with Gasteiger partial charge >= 0.3 is 0 Å². The summed E-state index contributed by atoms with van der Waals surface area (Å²) in [6.45, 7) is 2.04. The first kappa shape index (κ1) is 13.2. The summed E-state index contributed by atoms with van der Waals surface area (Å²) < 4.78 is 0. The maximum absolute atomic E-state index is 6.21. The SMILES string of the molecule is CNc1cc(Nc2cc(C)ccc2Cl)nc(C2CC2)n1. The third-order valence-corrected chi connectivity index (χ3v) is 3.66. The minimum atomic E-state index is 0.511. The van der Waals surface area contributed by atoms with Crippen LogP contribution in [-0.4, -0.2) is 17.0 Å². The third kappa shape index (κ3) is 2.85. The topological polar surface area (TPSA) is 49.8 Å². The van der Waals surface area contributed by atoms with Crippen LogP contribution in [-0.2, 0) is 0 Å². The first-order valence-corrected chi connectivity index (χ1v) is 7.13. The summed E-state index contributed by atoms with van der Waals surface area (Å²) in [6.07, 6.45) is 2.36. The van der Waals surface area contributed by atoms with Gasteiger partial charge in [-0.1, -0.05) is 17.7 Å². The summed E-state index contributed by atoms with van der Waals surface area (Å²) in [4.78, 5) is 9.09. The van der Waals surface area contributed by atoms with Crippen LogP contribution in [0.2, 0.25) is 5.02 Å². The molecule has 0 spiro atoms. The number of anilines is 3. The van der Waals surface area contributed by atoms with Crippen molar-refractivity contribution in [1.29, 1.82) is 0 Å². The second kappa shape index (κ2) is 5.29. The molecular weight excluding hydrogens is 272 g/mol. The summed E-state index contributed by atoms with van der Waals surface area (Å²) in [7, 11) is 1.86. The fraction of sp³-hybridized carbons (Fsp3) is 0.333. The van der Waals surface area contributed by atoms with Crippen molar-refractivity contribution in [2.24, 2.45) is 0 Å². The van der Waals surface area contributed by atoms with Gasteiger partial charge in [0.05, 0.1) is 10.7 Å². The number of aromatic nitrogens is 2. The molecule has 1 aliphatic carbocycles. The predicted octanol–water partition coefficient (Wildman–Crippen LogP) is 4.10. The van der Waals surface area contributed by atoms with E-state index < -0.39 is 0 Å². The van der Waals surface area contributed by atoms with Gasteiger partial charge in [-0.05, 0) is 37.5 Å². The molecule has 1 heterocycles. The van der Waals surface area contributed by atoms with Crippen molar-refractivity contribution in [2.75, 3.05) is 17.7 Å². The molecule has 0 radical (unpaired) electrons. The molecule has 0 amide bonds. The smallest absolute Gasteiger partial charge is 0.136 e. The molecule has 0 saturated heterocycles. The number of rotatable bonds is 4. The first-order valence-electron chi connectivity index (χ1n) is 6.75. The fourth-order valence-electron chi connectivity index (χ4n) is 2.05. The van der Waals surface area contributed by atoms with Crippen LogP contribution >= 0.6 is 11.6 Å². The van der Waals surface area contributed by atoms with Gasteiger partial charge in [0.25, 0.3) is 0 Å². The summed E-state index contributed by atoms with van der Waals surface area (Å²) in [6, 6.07) is 7.79. The number of nitrogens with zero attached hydrogens (tertiary/aromatic N) is 2. The van der Waals surface area contributed by atoms with E-state index in [1.54, 1.807) is 0 Å². The second-order valence-electron chi connectivity index (χ2n) is 5.13. The van der Waals surface area contributed by atoms with Gasteiger partial charge in [0, 0.05) is 19.0 Å². The summed E-state index contributed by atoms with van der Waals surface area (Å²) in [5.41, 5.74) is 2.02. The standard InChI is InChI=1S/C15H17ClN4/c1-9-3-6-11(16)12(7-9)18-14-8-13(17-2)19-15(20-14)10-4-5-10/h3,6-8,10H,4-5H2,1-2H3,(H2,17,18,19,20).